The Kier molecular flexibility index (Phi) is 3.83. The monoisotopic (exact) mass is 309 g/mol. The molecule has 8 heteroatoms. The SMILES string of the molecule is CO[C@H]1COC[C@@H]1n1c(C(=O)O)cc2cnc(SC)nc21. The number of carbonyl (C=O) groups is 1. The van der Waals surface area contributed by atoms with Gasteiger partial charge in [0.15, 0.2) is 5.16 Å². The number of thioether (sulfide) groups is 1. The number of carboxylic acid groups (broad SMARTS) is 1. The first-order valence-corrected chi connectivity index (χ1v) is 7.64. The number of carboxylic acids is 1. The van der Waals surface area contributed by atoms with Crippen LogP contribution in [0.2, 0.25) is 0 Å². The molecule has 2 atom stereocenters. The quantitative estimate of drug-likeness (QED) is 0.675. The highest BCUT2D eigenvalue weighted by Gasteiger charge is 2.34. The van der Waals surface area contributed by atoms with Gasteiger partial charge in [0.25, 0.3) is 0 Å². The summed E-state index contributed by atoms with van der Waals surface area (Å²) in [5.41, 5.74) is 0.777. The normalized spacial score (nSPS) is 22.0. The predicted octanol–water partition coefficient (Wildman–Crippen LogP) is 1.44. The number of ether oxygens (including phenoxy) is 2. The van der Waals surface area contributed by atoms with Crippen LogP contribution in [0.25, 0.3) is 11.0 Å². The lowest BCUT2D eigenvalue weighted by Crippen LogP contribution is -2.27. The standard InChI is InChI=1S/C13H15N3O4S/c1-19-10-6-20-5-9(10)16-8(12(17)18)3-7-4-14-13(21-2)15-11(7)16/h3-4,9-10H,5-6H2,1-2H3,(H,17,18)/t9-,10-/m0/s1. The van der Waals surface area contributed by atoms with Gasteiger partial charge in [0.05, 0.1) is 19.3 Å². The van der Waals surface area contributed by atoms with Crippen LogP contribution in [0.1, 0.15) is 16.5 Å². The highest BCUT2D eigenvalue weighted by molar-refractivity contribution is 7.98. The molecule has 0 amide bonds. The molecule has 112 valence electrons. The Morgan fingerprint density at radius 1 is 1.57 bits per heavy atom. The lowest BCUT2D eigenvalue weighted by molar-refractivity contribution is 0.0628. The maximum Gasteiger partial charge on any atom is 0.352 e. The van der Waals surface area contributed by atoms with Crippen molar-refractivity contribution < 1.29 is 19.4 Å². The molecule has 1 fully saturated rings. The number of aromatic carboxylic acids is 1. The van der Waals surface area contributed by atoms with E-state index in [9.17, 15) is 9.90 Å². The number of aromatic nitrogens is 3. The van der Waals surface area contributed by atoms with E-state index in [1.807, 2.05) is 6.26 Å². The van der Waals surface area contributed by atoms with Gasteiger partial charge in [-0.15, -0.1) is 0 Å². The van der Waals surface area contributed by atoms with Gasteiger partial charge in [-0.3, -0.25) is 0 Å². The summed E-state index contributed by atoms with van der Waals surface area (Å²) in [4.78, 5) is 20.2. The summed E-state index contributed by atoms with van der Waals surface area (Å²) >= 11 is 1.41. The van der Waals surface area contributed by atoms with E-state index in [0.717, 1.165) is 0 Å². The van der Waals surface area contributed by atoms with Crippen LogP contribution in [0.5, 0.6) is 0 Å². The van der Waals surface area contributed by atoms with Crippen LogP contribution >= 0.6 is 11.8 Å². The van der Waals surface area contributed by atoms with Gasteiger partial charge in [-0.2, -0.15) is 0 Å². The van der Waals surface area contributed by atoms with Gasteiger partial charge in [0.1, 0.15) is 17.4 Å². The summed E-state index contributed by atoms with van der Waals surface area (Å²) in [5, 5.41) is 10.8. The second-order valence-electron chi connectivity index (χ2n) is 4.72. The highest BCUT2D eigenvalue weighted by Crippen LogP contribution is 2.30. The van der Waals surface area contributed by atoms with E-state index in [2.05, 4.69) is 9.97 Å². The van der Waals surface area contributed by atoms with Crippen LogP contribution in [0.3, 0.4) is 0 Å². The summed E-state index contributed by atoms with van der Waals surface area (Å²) in [7, 11) is 1.60. The number of hydrogen-bond donors (Lipinski definition) is 1. The average molecular weight is 309 g/mol. The summed E-state index contributed by atoms with van der Waals surface area (Å²) in [6, 6.07) is 1.38. The summed E-state index contributed by atoms with van der Waals surface area (Å²) in [6.07, 6.45) is 3.34. The molecule has 1 aliphatic heterocycles. The Morgan fingerprint density at radius 2 is 2.38 bits per heavy atom. The van der Waals surface area contributed by atoms with Crippen molar-refractivity contribution >= 4 is 28.8 Å². The zero-order chi connectivity index (χ0) is 15.0. The van der Waals surface area contributed by atoms with Crippen LogP contribution < -0.4 is 0 Å². The first kappa shape index (κ1) is 14.3. The Morgan fingerprint density at radius 3 is 3.05 bits per heavy atom. The van der Waals surface area contributed by atoms with Crippen molar-refractivity contribution in [3.63, 3.8) is 0 Å². The molecule has 0 aromatic carbocycles. The number of fused-ring (bicyclic) bond motifs is 1. The molecule has 0 aliphatic carbocycles. The number of nitrogens with zero attached hydrogens (tertiary/aromatic N) is 3. The first-order valence-electron chi connectivity index (χ1n) is 6.41. The van der Waals surface area contributed by atoms with Gasteiger partial charge < -0.3 is 19.1 Å². The van der Waals surface area contributed by atoms with E-state index >= 15 is 0 Å². The largest absolute Gasteiger partial charge is 0.477 e. The minimum Gasteiger partial charge on any atom is -0.477 e. The highest BCUT2D eigenvalue weighted by atomic mass is 32.2. The van der Waals surface area contributed by atoms with Crippen LogP contribution in [-0.2, 0) is 9.47 Å². The van der Waals surface area contributed by atoms with E-state index in [0.29, 0.717) is 29.4 Å². The minimum absolute atomic E-state index is 0.176. The third-order valence-electron chi connectivity index (χ3n) is 3.59. The second kappa shape index (κ2) is 5.63. The van der Waals surface area contributed by atoms with Crippen molar-refractivity contribution in [2.24, 2.45) is 0 Å². The molecule has 0 spiro atoms. The average Bonchev–Trinajstić information content (AvgIpc) is 3.09. The van der Waals surface area contributed by atoms with E-state index < -0.39 is 5.97 Å². The Balaban J connectivity index is 2.21. The summed E-state index contributed by atoms with van der Waals surface area (Å²) in [6.45, 7) is 0.849. The van der Waals surface area contributed by atoms with Crippen molar-refractivity contribution in [2.75, 3.05) is 26.6 Å². The number of methoxy groups -OCH3 is 1. The Bertz CT molecular complexity index is 687. The zero-order valence-electron chi connectivity index (χ0n) is 11.6. The molecule has 1 aliphatic rings. The third-order valence-corrected chi connectivity index (χ3v) is 4.15. The lowest BCUT2D eigenvalue weighted by atomic mass is 10.2. The van der Waals surface area contributed by atoms with E-state index in [1.54, 1.807) is 23.9 Å². The fourth-order valence-electron chi connectivity index (χ4n) is 2.58. The minimum atomic E-state index is -1.000. The molecule has 0 radical (unpaired) electrons. The number of rotatable bonds is 4. The van der Waals surface area contributed by atoms with Gasteiger partial charge >= 0.3 is 5.97 Å². The second-order valence-corrected chi connectivity index (χ2v) is 5.49. The fraction of sp³-hybridized carbons (Fsp3) is 0.462. The van der Waals surface area contributed by atoms with Crippen molar-refractivity contribution in [2.45, 2.75) is 17.3 Å². The van der Waals surface area contributed by atoms with Crippen molar-refractivity contribution in [1.29, 1.82) is 0 Å². The third kappa shape index (κ3) is 2.39. The maximum atomic E-state index is 11.5. The number of hydrogen-bond acceptors (Lipinski definition) is 6. The predicted molar refractivity (Wildman–Crippen MR) is 76.9 cm³/mol. The van der Waals surface area contributed by atoms with Crippen molar-refractivity contribution in [3.8, 4) is 0 Å². The molecule has 2 aromatic heterocycles. The van der Waals surface area contributed by atoms with Crippen LogP contribution in [0, 0.1) is 0 Å². The fourth-order valence-corrected chi connectivity index (χ4v) is 2.92. The van der Waals surface area contributed by atoms with Gasteiger partial charge in [0.2, 0.25) is 0 Å². The molecule has 2 aromatic rings. The maximum absolute atomic E-state index is 11.5. The first-order chi connectivity index (χ1) is 10.2. The molecule has 3 rings (SSSR count). The van der Waals surface area contributed by atoms with E-state index in [4.69, 9.17) is 9.47 Å². The summed E-state index contributed by atoms with van der Waals surface area (Å²) in [5.74, 6) is -1.000. The van der Waals surface area contributed by atoms with Crippen LogP contribution in [0.15, 0.2) is 17.4 Å². The lowest BCUT2D eigenvalue weighted by Gasteiger charge is -2.20. The van der Waals surface area contributed by atoms with Gasteiger partial charge in [-0.05, 0) is 12.3 Å². The van der Waals surface area contributed by atoms with Gasteiger partial charge in [-0.1, -0.05) is 11.8 Å². The van der Waals surface area contributed by atoms with Crippen molar-refractivity contribution in [3.05, 3.63) is 18.0 Å². The molecule has 1 saturated heterocycles. The molecule has 3 heterocycles. The molecule has 1 N–H and O–H groups in total. The zero-order valence-corrected chi connectivity index (χ0v) is 12.5. The summed E-state index contributed by atoms with van der Waals surface area (Å²) < 4.78 is 12.5. The molecule has 7 nitrogen and oxygen atoms in total. The molecular formula is C13H15N3O4S. The van der Waals surface area contributed by atoms with Gasteiger partial charge in [-0.25, -0.2) is 14.8 Å². The van der Waals surface area contributed by atoms with E-state index in [-0.39, 0.29) is 17.8 Å². The topological polar surface area (TPSA) is 86.5 Å². The van der Waals surface area contributed by atoms with E-state index in [1.165, 1.54) is 11.8 Å². The smallest absolute Gasteiger partial charge is 0.352 e. The molecular weight excluding hydrogens is 294 g/mol. The molecule has 0 bridgehead atoms. The Labute approximate surface area is 125 Å². The molecule has 0 saturated carbocycles. The van der Waals surface area contributed by atoms with Crippen LogP contribution in [0.4, 0.5) is 0 Å². The Hall–Kier alpha value is -1.64. The van der Waals surface area contributed by atoms with Crippen molar-refractivity contribution in [1.82, 2.24) is 14.5 Å². The van der Waals surface area contributed by atoms with Crippen LogP contribution in [-0.4, -0.2) is 58.3 Å². The molecule has 21 heavy (non-hydrogen) atoms. The van der Waals surface area contributed by atoms with Gasteiger partial charge in [0, 0.05) is 18.7 Å². The molecule has 0 unspecified atom stereocenters.